The zero-order valence-corrected chi connectivity index (χ0v) is 13.0. The van der Waals surface area contributed by atoms with E-state index in [4.69, 9.17) is 4.52 Å². The first-order valence-electron chi connectivity index (χ1n) is 7.11. The number of nitrogens with one attached hydrogen (secondary N) is 1. The molecular weight excluding hydrogens is 302 g/mol. The van der Waals surface area contributed by atoms with Crippen LogP contribution in [-0.4, -0.2) is 50.7 Å². The van der Waals surface area contributed by atoms with Gasteiger partial charge in [-0.3, -0.25) is 4.98 Å². The molecule has 116 valence electrons. The lowest BCUT2D eigenvalue weighted by molar-refractivity contribution is 0.196. The third kappa shape index (κ3) is 3.38. The Hall–Kier alpha value is -2.09. The molecule has 1 atom stereocenters. The summed E-state index contributed by atoms with van der Waals surface area (Å²) in [5, 5.41) is 6.83. The molecule has 1 N–H and O–H groups in total. The Morgan fingerprint density at radius 3 is 3.00 bits per heavy atom. The highest BCUT2D eigenvalue weighted by Crippen LogP contribution is 2.18. The van der Waals surface area contributed by atoms with Gasteiger partial charge in [-0.1, -0.05) is 5.16 Å². The first-order chi connectivity index (χ1) is 10.7. The minimum Gasteiger partial charge on any atom is -0.337 e. The van der Waals surface area contributed by atoms with Crippen molar-refractivity contribution in [3.05, 3.63) is 30.4 Å². The fourth-order valence-corrected chi connectivity index (χ4v) is 3.03. The quantitative estimate of drug-likeness (QED) is 0.931. The number of carbonyl (C=O) groups is 1. The Kier molecular flexibility index (Phi) is 4.57. The first-order valence-corrected chi connectivity index (χ1v) is 8.26. The predicted octanol–water partition coefficient (Wildman–Crippen LogP) is 1.95. The summed E-state index contributed by atoms with van der Waals surface area (Å²) in [6.07, 6.45) is 3.35. The van der Waals surface area contributed by atoms with E-state index in [0.717, 1.165) is 30.2 Å². The second-order valence-corrected chi connectivity index (χ2v) is 6.19. The van der Waals surface area contributed by atoms with E-state index >= 15 is 0 Å². The summed E-state index contributed by atoms with van der Waals surface area (Å²) in [5.74, 6) is 2.82. The highest BCUT2D eigenvalue weighted by atomic mass is 32.2. The molecule has 7 nitrogen and oxygen atoms in total. The van der Waals surface area contributed by atoms with Gasteiger partial charge in [-0.2, -0.15) is 16.7 Å². The molecule has 3 heterocycles. The van der Waals surface area contributed by atoms with Crippen LogP contribution in [0.3, 0.4) is 0 Å². The zero-order valence-electron chi connectivity index (χ0n) is 12.2. The molecule has 2 aromatic heterocycles. The highest BCUT2D eigenvalue weighted by Gasteiger charge is 2.22. The zero-order chi connectivity index (χ0) is 15.4. The minimum atomic E-state index is -0.333. The summed E-state index contributed by atoms with van der Waals surface area (Å²) in [5.41, 5.74) is 0.782. The molecule has 0 radical (unpaired) electrons. The molecule has 2 amide bonds. The van der Waals surface area contributed by atoms with Crippen molar-refractivity contribution >= 4 is 17.8 Å². The fraction of sp³-hybridized carbons (Fsp3) is 0.429. The Morgan fingerprint density at radius 1 is 1.45 bits per heavy atom. The molecular formula is C14H17N5O2S. The molecule has 3 rings (SSSR count). The second kappa shape index (κ2) is 6.78. The van der Waals surface area contributed by atoms with Crippen molar-refractivity contribution in [2.24, 2.45) is 0 Å². The van der Waals surface area contributed by atoms with Gasteiger partial charge in [0.15, 0.2) is 0 Å². The summed E-state index contributed by atoms with van der Waals surface area (Å²) in [6, 6.07) is 3.25. The van der Waals surface area contributed by atoms with Crippen molar-refractivity contribution in [3.63, 3.8) is 0 Å². The Balaban J connectivity index is 1.64. The fourth-order valence-electron chi connectivity index (χ4n) is 2.13. The van der Waals surface area contributed by atoms with Crippen LogP contribution in [0.1, 0.15) is 18.9 Å². The Morgan fingerprint density at radius 2 is 2.27 bits per heavy atom. The molecule has 0 aliphatic carbocycles. The number of aromatic nitrogens is 3. The second-order valence-electron chi connectivity index (χ2n) is 4.97. The van der Waals surface area contributed by atoms with Gasteiger partial charge in [-0.25, -0.2) is 4.79 Å². The number of pyridine rings is 1. The molecule has 1 saturated heterocycles. The van der Waals surface area contributed by atoms with Gasteiger partial charge < -0.3 is 14.7 Å². The van der Waals surface area contributed by atoms with E-state index < -0.39 is 0 Å². The molecule has 8 heteroatoms. The van der Waals surface area contributed by atoms with Crippen molar-refractivity contribution < 1.29 is 9.32 Å². The number of rotatable bonds is 3. The van der Waals surface area contributed by atoms with Crippen molar-refractivity contribution in [1.29, 1.82) is 0 Å². The van der Waals surface area contributed by atoms with E-state index in [1.165, 1.54) is 0 Å². The highest BCUT2D eigenvalue weighted by molar-refractivity contribution is 7.99. The van der Waals surface area contributed by atoms with E-state index in [-0.39, 0.29) is 12.1 Å². The van der Waals surface area contributed by atoms with Crippen molar-refractivity contribution in [1.82, 2.24) is 25.3 Å². The van der Waals surface area contributed by atoms with E-state index in [1.807, 2.05) is 35.7 Å². The standard InChI is InChI=1S/C14H17N5O2S/c1-10(16-14(20)19-5-7-22-8-6-19)13-17-12(18-21-13)11-3-2-4-15-9-11/h2-4,9-10H,5-8H2,1H3,(H,16,20)/t10-/m1/s1. The molecule has 0 saturated carbocycles. The average molecular weight is 319 g/mol. The van der Waals surface area contributed by atoms with Gasteiger partial charge in [-0.15, -0.1) is 0 Å². The smallest absolute Gasteiger partial charge is 0.318 e. The number of nitrogens with zero attached hydrogens (tertiary/aromatic N) is 4. The molecule has 1 aliphatic rings. The monoisotopic (exact) mass is 319 g/mol. The SMILES string of the molecule is C[C@@H](NC(=O)N1CCSCC1)c1nc(-c2cccnc2)no1. The lowest BCUT2D eigenvalue weighted by Gasteiger charge is -2.27. The van der Waals surface area contributed by atoms with Gasteiger partial charge in [0.25, 0.3) is 0 Å². The predicted molar refractivity (Wildman–Crippen MR) is 83.4 cm³/mol. The van der Waals surface area contributed by atoms with Crippen LogP contribution in [0.2, 0.25) is 0 Å². The first kappa shape index (κ1) is 14.8. The molecule has 1 fully saturated rings. The van der Waals surface area contributed by atoms with Crippen LogP contribution in [0.5, 0.6) is 0 Å². The summed E-state index contributed by atoms with van der Waals surface area (Å²) >= 11 is 1.86. The van der Waals surface area contributed by atoms with Crippen molar-refractivity contribution in [2.75, 3.05) is 24.6 Å². The number of carbonyl (C=O) groups excluding carboxylic acids is 1. The van der Waals surface area contributed by atoms with Gasteiger partial charge in [0.2, 0.25) is 11.7 Å². The third-order valence-electron chi connectivity index (χ3n) is 3.37. The molecule has 0 bridgehead atoms. The Bertz CT molecular complexity index is 627. The number of hydrogen-bond donors (Lipinski definition) is 1. The number of amides is 2. The average Bonchev–Trinajstić information content (AvgIpc) is 3.06. The maximum atomic E-state index is 12.2. The molecule has 0 unspecified atom stereocenters. The maximum absolute atomic E-state index is 12.2. The van der Waals surface area contributed by atoms with Gasteiger partial charge in [0, 0.05) is 42.6 Å². The number of urea groups is 1. The van der Waals surface area contributed by atoms with Gasteiger partial charge in [0.1, 0.15) is 6.04 Å². The molecule has 1 aliphatic heterocycles. The summed E-state index contributed by atoms with van der Waals surface area (Å²) in [6.45, 7) is 3.37. The molecule has 0 aromatic carbocycles. The van der Waals surface area contributed by atoms with Gasteiger partial charge >= 0.3 is 6.03 Å². The lowest BCUT2D eigenvalue weighted by Crippen LogP contribution is -2.45. The van der Waals surface area contributed by atoms with Crippen molar-refractivity contribution in [3.8, 4) is 11.4 Å². The lowest BCUT2D eigenvalue weighted by atomic mass is 10.3. The largest absolute Gasteiger partial charge is 0.337 e. The van der Waals surface area contributed by atoms with E-state index in [9.17, 15) is 4.79 Å². The summed E-state index contributed by atoms with van der Waals surface area (Å²) in [4.78, 5) is 22.3. The topological polar surface area (TPSA) is 84.2 Å². The van der Waals surface area contributed by atoms with Crippen LogP contribution in [0.25, 0.3) is 11.4 Å². The van der Waals surface area contributed by atoms with Crippen LogP contribution in [0.4, 0.5) is 4.79 Å². The number of hydrogen-bond acceptors (Lipinski definition) is 6. The van der Waals surface area contributed by atoms with Crippen LogP contribution in [-0.2, 0) is 0 Å². The van der Waals surface area contributed by atoms with E-state index in [2.05, 4.69) is 20.4 Å². The minimum absolute atomic E-state index is 0.0890. The van der Waals surface area contributed by atoms with Gasteiger partial charge in [-0.05, 0) is 19.1 Å². The van der Waals surface area contributed by atoms with Crippen LogP contribution in [0, 0.1) is 0 Å². The van der Waals surface area contributed by atoms with Gasteiger partial charge in [0.05, 0.1) is 0 Å². The van der Waals surface area contributed by atoms with Crippen LogP contribution < -0.4 is 5.32 Å². The van der Waals surface area contributed by atoms with Crippen molar-refractivity contribution in [2.45, 2.75) is 13.0 Å². The van der Waals surface area contributed by atoms with Crippen LogP contribution >= 0.6 is 11.8 Å². The number of thioether (sulfide) groups is 1. The summed E-state index contributed by atoms with van der Waals surface area (Å²) in [7, 11) is 0. The normalized spacial score (nSPS) is 16.3. The van der Waals surface area contributed by atoms with E-state index in [0.29, 0.717) is 11.7 Å². The summed E-state index contributed by atoms with van der Waals surface area (Å²) < 4.78 is 5.24. The molecule has 0 spiro atoms. The maximum Gasteiger partial charge on any atom is 0.318 e. The third-order valence-corrected chi connectivity index (χ3v) is 4.31. The molecule has 22 heavy (non-hydrogen) atoms. The van der Waals surface area contributed by atoms with Crippen LogP contribution in [0.15, 0.2) is 29.0 Å². The van der Waals surface area contributed by atoms with E-state index in [1.54, 1.807) is 12.4 Å². The Labute approximate surface area is 132 Å². The molecule has 2 aromatic rings.